The largest absolute Gasteiger partial charge is 0.491 e. The Morgan fingerprint density at radius 3 is 2.39 bits per heavy atom. The molecule has 2 aromatic carbocycles. The number of benzene rings is 2. The van der Waals surface area contributed by atoms with Crippen molar-refractivity contribution in [1.29, 1.82) is 0 Å². The van der Waals surface area contributed by atoms with Crippen molar-refractivity contribution in [3.8, 4) is 5.75 Å². The molecule has 0 aliphatic rings. The fraction of sp³-hybridized carbons (Fsp3) is 0.222. The molecular weight excluding hydrogens is 308 g/mol. The topological polar surface area (TPSA) is 50.4 Å². The van der Waals surface area contributed by atoms with Gasteiger partial charge in [0.2, 0.25) is 0 Å². The van der Waals surface area contributed by atoms with Crippen molar-refractivity contribution in [1.82, 2.24) is 5.32 Å². The van der Waals surface area contributed by atoms with E-state index in [2.05, 4.69) is 17.6 Å². The molecule has 0 saturated carbocycles. The molecule has 0 aliphatic carbocycles. The average molecular weight is 328 g/mol. The van der Waals surface area contributed by atoms with Gasteiger partial charge in [0.25, 0.3) is 5.91 Å². The van der Waals surface area contributed by atoms with E-state index in [1.165, 1.54) is 0 Å². The zero-order chi connectivity index (χ0) is 16.7. The molecular formula is C18H20N2O2S. The van der Waals surface area contributed by atoms with Crippen LogP contribution in [-0.2, 0) is 0 Å². The molecule has 2 N–H and O–H groups in total. The first-order valence-corrected chi connectivity index (χ1v) is 7.93. The number of amides is 1. The van der Waals surface area contributed by atoms with Gasteiger partial charge in [0.15, 0.2) is 5.11 Å². The Balaban J connectivity index is 1.91. The molecule has 120 valence electrons. The highest BCUT2D eigenvalue weighted by Crippen LogP contribution is 2.15. The van der Waals surface area contributed by atoms with Crippen LogP contribution >= 0.6 is 12.2 Å². The maximum absolute atomic E-state index is 12.2. The summed E-state index contributed by atoms with van der Waals surface area (Å²) < 4.78 is 5.69. The first-order chi connectivity index (χ1) is 11.1. The summed E-state index contributed by atoms with van der Waals surface area (Å²) in [5.74, 6) is 0.495. The van der Waals surface area contributed by atoms with Crippen molar-refractivity contribution in [2.75, 3.05) is 5.32 Å². The fourth-order valence-electron chi connectivity index (χ4n) is 1.86. The van der Waals surface area contributed by atoms with Crippen LogP contribution in [0.5, 0.6) is 5.75 Å². The van der Waals surface area contributed by atoms with E-state index in [-0.39, 0.29) is 17.1 Å². The SMILES string of the molecule is CCC(C)Oc1ccc(C(=O)NC(=S)Nc2ccccc2)cc1. The van der Waals surface area contributed by atoms with Crippen molar-refractivity contribution in [2.24, 2.45) is 0 Å². The Morgan fingerprint density at radius 1 is 1.13 bits per heavy atom. The van der Waals surface area contributed by atoms with Crippen LogP contribution in [-0.4, -0.2) is 17.1 Å². The van der Waals surface area contributed by atoms with Crippen LogP contribution in [0.25, 0.3) is 0 Å². The lowest BCUT2D eigenvalue weighted by atomic mass is 10.2. The molecule has 4 nitrogen and oxygen atoms in total. The Morgan fingerprint density at radius 2 is 1.78 bits per heavy atom. The van der Waals surface area contributed by atoms with Crippen LogP contribution in [0, 0.1) is 0 Å². The van der Waals surface area contributed by atoms with E-state index < -0.39 is 0 Å². The monoisotopic (exact) mass is 328 g/mol. The van der Waals surface area contributed by atoms with Crippen molar-refractivity contribution >= 4 is 28.9 Å². The minimum absolute atomic E-state index is 0.150. The summed E-state index contributed by atoms with van der Waals surface area (Å²) in [5, 5.41) is 5.88. The predicted molar refractivity (Wildman–Crippen MR) is 97.0 cm³/mol. The number of anilines is 1. The lowest BCUT2D eigenvalue weighted by Gasteiger charge is -2.13. The third-order valence-electron chi connectivity index (χ3n) is 3.29. The molecule has 2 aromatic rings. The van der Waals surface area contributed by atoms with E-state index in [1.807, 2.05) is 37.3 Å². The lowest BCUT2D eigenvalue weighted by molar-refractivity contribution is 0.0977. The molecule has 0 spiro atoms. The number of ether oxygens (including phenoxy) is 1. The first-order valence-electron chi connectivity index (χ1n) is 7.52. The van der Waals surface area contributed by atoms with Crippen molar-refractivity contribution < 1.29 is 9.53 Å². The summed E-state index contributed by atoms with van der Waals surface area (Å²) in [6, 6.07) is 16.5. The Kier molecular flexibility index (Phi) is 6.11. The fourth-order valence-corrected chi connectivity index (χ4v) is 2.07. The van der Waals surface area contributed by atoms with Crippen LogP contribution in [0.4, 0.5) is 5.69 Å². The number of rotatable bonds is 5. The molecule has 5 heteroatoms. The quantitative estimate of drug-likeness (QED) is 0.815. The van der Waals surface area contributed by atoms with Gasteiger partial charge in [-0.05, 0) is 62.0 Å². The highest BCUT2D eigenvalue weighted by molar-refractivity contribution is 7.80. The second kappa shape index (κ2) is 8.29. The van der Waals surface area contributed by atoms with Crippen LogP contribution in [0.15, 0.2) is 54.6 Å². The minimum atomic E-state index is -0.256. The molecule has 0 radical (unpaired) electrons. The molecule has 1 atom stereocenters. The van der Waals surface area contributed by atoms with Gasteiger partial charge in [0.05, 0.1) is 6.10 Å². The van der Waals surface area contributed by atoms with E-state index in [0.717, 1.165) is 17.9 Å². The van der Waals surface area contributed by atoms with Gasteiger partial charge in [-0.3, -0.25) is 10.1 Å². The van der Waals surface area contributed by atoms with Gasteiger partial charge in [0, 0.05) is 11.3 Å². The molecule has 0 aliphatic heterocycles. The Bertz CT molecular complexity index is 656. The van der Waals surface area contributed by atoms with Crippen molar-refractivity contribution in [2.45, 2.75) is 26.4 Å². The number of para-hydroxylation sites is 1. The zero-order valence-corrected chi connectivity index (χ0v) is 14.0. The summed E-state index contributed by atoms with van der Waals surface area (Å²) in [5.41, 5.74) is 1.36. The minimum Gasteiger partial charge on any atom is -0.491 e. The Labute approximate surface area is 141 Å². The van der Waals surface area contributed by atoms with Gasteiger partial charge >= 0.3 is 0 Å². The number of hydrogen-bond donors (Lipinski definition) is 2. The molecule has 0 heterocycles. The summed E-state index contributed by atoms with van der Waals surface area (Å²) in [4.78, 5) is 12.2. The van der Waals surface area contributed by atoms with Gasteiger partial charge in [-0.2, -0.15) is 0 Å². The molecule has 1 amide bonds. The van der Waals surface area contributed by atoms with Crippen LogP contribution < -0.4 is 15.4 Å². The lowest BCUT2D eigenvalue weighted by Crippen LogP contribution is -2.34. The van der Waals surface area contributed by atoms with E-state index >= 15 is 0 Å². The third-order valence-corrected chi connectivity index (χ3v) is 3.49. The summed E-state index contributed by atoms with van der Waals surface area (Å²) in [6.45, 7) is 4.07. The maximum atomic E-state index is 12.2. The summed E-state index contributed by atoms with van der Waals surface area (Å²) >= 11 is 5.14. The number of carbonyl (C=O) groups excluding carboxylic acids is 1. The van der Waals surface area contributed by atoms with E-state index in [1.54, 1.807) is 24.3 Å². The second-order valence-electron chi connectivity index (χ2n) is 5.14. The third kappa shape index (κ3) is 5.38. The number of thiocarbonyl (C=S) groups is 1. The van der Waals surface area contributed by atoms with Gasteiger partial charge in [-0.1, -0.05) is 25.1 Å². The van der Waals surface area contributed by atoms with Gasteiger partial charge in [0.1, 0.15) is 5.75 Å². The van der Waals surface area contributed by atoms with Gasteiger partial charge in [-0.15, -0.1) is 0 Å². The summed E-state index contributed by atoms with van der Waals surface area (Å²) in [6.07, 6.45) is 1.08. The molecule has 1 unspecified atom stereocenters. The standard InChI is InChI=1S/C18H20N2O2S/c1-3-13(2)22-16-11-9-14(10-12-16)17(21)20-18(23)19-15-7-5-4-6-8-15/h4-13H,3H2,1-2H3,(H2,19,20,21,23). The van der Waals surface area contributed by atoms with Crippen LogP contribution in [0.3, 0.4) is 0 Å². The average Bonchev–Trinajstić information content (AvgIpc) is 2.56. The highest BCUT2D eigenvalue weighted by Gasteiger charge is 2.09. The molecule has 0 bridgehead atoms. The molecule has 0 fully saturated rings. The van der Waals surface area contributed by atoms with Crippen LogP contribution in [0.1, 0.15) is 30.6 Å². The number of hydrogen-bond acceptors (Lipinski definition) is 3. The van der Waals surface area contributed by atoms with E-state index in [0.29, 0.717) is 5.56 Å². The zero-order valence-electron chi connectivity index (χ0n) is 13.2. The predicted octanol–water partition coefficient (Wildman–Crippen LogP) is 3.99. The molecule has 0 saturated heterocycles. The maximum Gasteiger partial charge on any atom is 0.257 e. The first kappa shape index (κ1) is 17.0. The van der Waals surface area contributed by atoms with Gasteiger partial charge < -0.3 is 10.1 Å². The molecule has 23 heavy (non-hydrogen) atoms. The smallest absolute Gasteiger partial charge is 0.257 e. The molecule has 0 aromatic heterocycles. The molecule has 2 rings (SSSR count). The van der Waals surface area contributed by atoms with Gasteiger partial charge in [-0.25, -0.2) is 0 Å². The second-order valence-corrected chi connectivity index (χ2v) is 5.54. The van der Waals surface area contributed by atoms with E-state index in [4.69, 9.17) is 17.0 Å². The number of carbonyl (C=O) groups is 1. The highest BCUT2D eigenvalue weighted by atomic mass is 32.1. The normalized spacial score (nSPS) is 11.4. The van der Waals surface area contributed by atoms with Crippen molar-refractivity contribution in [3.63, 3.8) is 0 Å². The Hall–Kier alpha value is -2.40. The number of nitrogens with one attached hydrogen (secondary N) is 2. The summed E-state index contributed by atoms with van der Waals surface area (Å²) in [7, 11) is 0. The van der Waals surface area contributed by atoms with Crippen molar-refractivity contribution in [3.05, 3.63) is 60.2 Å². The van der Waals surface area contributed by atoms with E-state index in [9.17, 15) is 4.79 Å². The van der Waals surface area contributed by atoms with Crippen LogP contribution in [0.2, 0.25) is 0 Å².